The van der Waals surface area contributed by atoms with Gasteiger partial charge >= 0.3 is 6.09 Å². The predicted octanol–water partition coefficient (Wildman–Crippen LogP) is 3.70. The Balaban J connectivity index is 1.35. The van der Waals surface area contributed by atoms with E-state index in [0.717, 1.165) is 10.9 Å². The van der Waals surface area contributed by atoms with Gasteiger partial charge in [-0.25, -0.2) is 4.79 Å². The monoisotopic (exact) mass is 467 g/mol. The number of rotatable bonds is 2. The Kier molecular flexibility index (Phi) is 5.95. The standard InChI is InChI=1S/C26H29NO7/c1-26(2,3)34-25(30)27-12-11-16-13-17(9-10-18(16)27)22-20(28)21(29)23-19(32-22)14-31-24(33-23)15-7-5-4-6-8-15/h4-13,19-24,28-29H,14H2,1-3H3/t19-,20-,21-,22+,23-,24?/m1/s1. The number of hydrogen-bond donors (Lipinski definition) is 2. The lowest BCUT2D eigenvalue weighted by molar-refractivity contribution is -0.330. The highest BCUT2D eigenvalue weighted by atomic mass is 16.7. The molecule has 180 valence electrons. The van der Waals surface area contributed by atoms with Gasteiger partial charge in [-0.1, -0.05) is 36.4 Å². The average Bonchev–Trinajstić information content (AvgIpc) is 3.24. The zero-order valence-corrected chi connectivity index (χ0v) is 19.3. The SMILES string of the molecule is CC(C)(C)OC(=O)n1ccc2cc([C@@H]3O[C@@H]4COC(c5ccccc5)O[C@H]4[C@H](O)[C@H]3O)ccc21. The van der Waals surface area contributed by atoms with Crippen LogP contribution in [0.5, 0.6) is 0 Å². The average molecular weight is 468 g/mol. The van der Waals surface area contributed by atoms with Crippen LogP contribution in [0.2, 0.25) is 0 Å². The van der Waals surface area contributed by atoms with E-state index < -0.39 is 48.5 Å². The number of ether oxygens (including phenoxy) is 4. The van der Waals surface area contributed by atoms with E-state index in [1.165, 1.54) is 4.57 Å². The number of aliphatic hydroxyl groups is 2. The van der Waals surface area contributed by atoms with E-state index in [1.54, 1.807) is 24.4 Å². The van der Waals surface area contributed by atoms with Crippen LogP contribution < -0.4 is 0 Å². The third-order valence-corrected chi connectivity index (χ3v) is 6.08. The molecule has 2 saturated heterocycles. The van der Waals surface area contributed by atoms with Crippen LogP contribution in [-0.4, -0.2) is 57.5 Å². The van der Waals surface area contributed by atoms with E-state index in [1.807, 2.05) is 57.2 Å². The first-order valence-electron chi connectivity index (χ1n) is 11.4. The number of nitrogens with zero attached hydrogens (tertiary/aromatic N) is 1. The van der Waals surface area contributed by atoms with Crippen molar-refractivity contribution in [2.24, 2.45) is 0 Å². The normalized spacial score (nSPS) is 29.6. The van der Waals surface area contributed by atoms with Crippen molar-refractivity contribution >= 4 is 17.0 Å². The second kappa shape index (κ2) is 8.79. The summed E-state index contributed by atoms with van der Waals surface area (Å²) in [6, 6.07) is 16.7. The summed E-state index contributed by atoms with van der Waals surface area (Å²) in [5.41, 5.74) is 1.59. The predicted molar refractivity (Wildman–Crippen MR) is 123 cm³/mol. The van der Waals surface area contributed by atoms with Crippen LogP contribution in [0.1, 0.15) is 44.3 Å². The summed E-state index contributed by atoms with van der Waals surface area (Å²) in [7, 11) is 0. The highest BCUT2D eigenvalue weighted by Crippen LogP contribution is 2.39. The molecule has 0 saturated carbocycles. The van der Waals surface area contributed by atoms with Crippen LogP contribution in [0, 0.1) is 0 Å². The maximum Gasteiger partial charge on any atom is 0.418 e. The molecule has 2 aliphatic heterocycles. The molecule has 2 aromatic carbocycles. The molecule has 0 bridgehead atoms. The molecule has 2 aliphatic rings. The van der Waals surface area contributed by atoms with E-state index in [-0.39, 0.29) is 6.61 Å². The van der Waals surface area contributed by atoms with Gasteiger partial charge in [-0.3, -0.25) is 4.57 Å². The number of aliphatic hydroxyl groups excluding tert-OH is 2. The molecule has 8 heteroatoms. The molecule has 0 aliphatic carbocycles. The molecular weight excluding hydrogens is 438 g/mol. The van der Waals surface area contributed by atoms with Gasteiger partial charge in [-0.05, 0) is 44.5 Å². The molecule has 0 amide bonds. The summed E-state index contributed by atoms with van der Waals surface area (Å²) in [5.74, 6) is 0. The van der Waals surface area contributed by atoms with Crippen molar-refractivity contribution in [2.45, 2.75) is 63.2 Å². The third-order valence-electron chi connectivity index (χ3n) is 6.08. The molecule has 0 radical (unpaired) electrons. The molecule has 34 heavy (non-hydrogen) atoms. The Bertz CT molecular complexity index is 1170. The van der Waals surface area contributed by atoms with Crippen molar-refractivity contribution in [3.63, 3.8) is 0 Å². The number of fused-ring (bicyclic) bond motifs is 2. The Morgan fingerprint density at radius 3 is 2.50 bits per heavy atom. The van der Waals surface area contributed by atoms with Gasteiger partial charge in [0.15, 0.2) is 6.29 Å². The van der Waals surface area contributed by atoms with E-state index in [9.17, 15) is 15.0 Å². The Labute approximate surface area is 197 Å². The molecule has 5 rings (SSSR count). The van der Waals surface area contributed by atoms with Crippen LogP contribution in [0.4, 0.5) is 4.79 Å². The fourth-order valence-corrected chi connectivity index (χ4v) is 4.48. The lowest BCUT2D eigenvalue weighted by Gasteiger charge is -2.46. The maximum atomic E-state index is 12.5. The van der Waals surface area contributed by atoms with E-state index in [0.29, 0.717) is 11.1 Å². The van der Waals surface area contributed by atoms with Crippen LogP contribution >= 0.6 is 0 Å². The molecule has 3 heterocycles. The number of carbonyl (C=O) groups excluding carboxylic acids is 1. The van der Waals surface area contributed by atoms with Crippen LogP contribution in [0.3, 0.4) is 0 Å². The van der Waals surface area contributed by atoms with Crippen molar-refractivity contribution in [2.75, 3.05) is 6.61 Å². The summed E-state index contributed by atoms with van der Waals surface area (Å²) in [5, 5.41) is 22.6. The van der Waals surface area contributed by atoms with Crippen LogP contribution in [-0.2, 0) is 18.9 Å². The van der Waals surface area contributed by atoms with Gasteiger partial charge in [0.2, 0.25) is 0 Å². The first-order chi connectivity index (χ1) is 16.2. The fourth-order valence-electron chi connectivity index (χ4n) is 4.48. The summed E-state index contributed by atoms with van der Waals surface area (Å²) in [4.78, 5) is 12.5. The summed E-state index contributed by atoms with van der Waals surface area (Å²) >= 11 is 0. The Morgan fingerprint density at radius 2 is 1.76 bits per heavy atom. The summed E-state index contributed by atoms with van der Waals surface area (Å²) in [6.45, 7) is 5.67. The topological polar surface area (TPSA) is 99.4 Å². The molecular formula is C26H29NO7. The van der Waals surface area contributed by atoms with E-state index in [2.05, 4.69) is 0 Å². The van der Waals surface area contributed by atoms with Gasteiger partial charge < -0.3 is 29.2 Å². The number of aromatic nitrogens is 1. The van der Waals surface area contributed by atoms with Crippen molar-refractivity contribution in [1.82, 2.24) is 4.57 Å². The molecule has 1 unspecified atom stereocenters. The van der Waals surface area contributed by atoms with Crippen molar-refractivity contribution in [1.29, 1.82) is 0 Å². The molecule has 8 nitrogen and oxygen atoms in total. The van der Waals surface area contributed by atoms with Gasteiger partial charge in [-0.15, -0.1) is 0 Å². The largest absolute Gasteiger partial charge is 0.443 e. The third kappa shape index (κ3) is 4.35. The first kappa shape index (κ1) is 23.0. The molecule has 6 atom stereocenters. The molecule has 1 aromatic heterocycles. The summed E-state index contributed by atoms with van der Waals surface area (Å²) in [6.07, 6.45) is -3.82. The number of carbonyl (C=O) groups is 1. The van der Waals surface area contributed by atoms with E-state index >= 15 is 0 Å². The molecule has 2 fully saturated rings. The number of hydrogen-bond acceptors (Lipinski definition) is 7. The minimum atomic E-state index is -1.19. The van der Waals surface area contributed by atoms with E-state index in [4.69, 9.17) is 18.9 Å². The van der Waals surface area contributed by atoms with Gasteiger partial charge in [0.25, 0.3) is 0 Å². The second-order valence-electron chi connectivity index (χ2n) is 9.74. The van der Waals surface area contributed by atoms with Gasteiger partial charge in [0.1, 0.15) is 36.1 Å². The van der Waals surface area contributed by atoms with Crippen LogP contribution in [0.15, 0.2) is 60.8 Å². The first-order valence-corrected chi connectivity index (χ1v) is 11.4. The lowest BCUT2D eigenvalue weighted by atomic mass is 9.90. The number of benzene rings is 2. The quantitative estimate of drug-likeness (QED) is 0.593. The van der Waals surface area contributed by atoms with Gasteiger partial charge in [0.05, 0.1) is 12.1 Å². The lowest BCUT2D eigenvalue weighted by Crippen LogP contribution is -2.59. The zero-order chi connectivity index (χ0) is 24.0. The van der Waals surface area contributed by atoms with Crippen LogP contribution in [0.25, 0.3) is 10.9 Å². The molecule has 2 N–H and O–H groups in total. The second-order valence-corrected chi connectivity index (χ2v) is 9.74. The highest BCUT2D eigenvalue weighted by Gasteiger charge is 2.49. The maximum absolute atomic E-state index is 12.5. The summed E-state index contributed by atoms with van der Waals surface area (Å²) < 4.78 is 24.9. The van der Waals surface area contributed by atoms with Crippen molar-refractivity contribution in [3.05, 3.63) is 71.9 Å². The van der Waals surface area contributed by atoms with Crippen molar-refractivity contribution in [3.8, 4) is 0 Å². The minimum absolute atomic E-state index is 0.224. The molecule has 0 spiro atoms. The molecule has 3 aromatic rings. The Hall–Kier alpha value is -2.75. The Morgan fingerprint density at radius 1 is 1.00 bits per heavy atom. The van der Waals surface area contributed by atoms with Gasteiger partial charge in [0, 0.05) is 17.1 Å². The smallest absolute Gasteiger partial charge is 0.418 e. The minimum Gasteiger partial charge on any atom is -0.443 e. The zero-order valence-electron chi connectivity index (χ0n) is 19.3. The van der Waals surface area contributed by atoms with Crippen molar-refractivity contribution < 1.29 is 34.0 Å². The fraction of sp³-hybridized carbons (Fsp3) is 0.423. The van der Waals surface area contributed by atoms with Gasteiger partial charge in [-0.2, -0.15) is 0 Å². The highest BCUT2D eigenvalue weighted by molar-refractivity contribution is 5.90.